The minimum absolute atomic E-state index is 0.0705. The SMILES string of the molecule is CCC1(CNC(=O)[C@H]2Cc3ccccc3CN2)CCC1. The van der Waals surface area contributed by atoms with Crippen LogP contribution in [0.4, 0.5) is 0 Å². The molecular formula is C17H24N2O. The van der Waals surface area contributed by atoms with Crippen LogP contribution in [0.5, 0.6) is 0 Å². The number of carbonyl (C=O) groups is 1. The molecule has 1 aromatic carbocycles. The summed E-state index contributed by atoms with van der Waals surface area (Å²) in [6.45, 7) is 3.88. The predicted octanol–water partition coefficient (Wildman–Crippen LogP) is 2.40. The molecule has 1 amide bonds. The van der Waals surface area contributed by atoms with E-state index in [4.69, 9.17) is 0 Å². The molecule has 2 aliphatic rings. The molecule has 0 aromatic heterocycles. The van der Waals surface area contributed by atoms with E-state index in [1.807, 2.05) is 0 Å². The first-order valence-electron chi connectivity index (χ1n) is 7.80. The molecule has 2 N–H and O–H groups in total. The van der Waals surface area contributed by atoms with Crippen LogP contribution in [0.1, 0.15) is 43.7 Å². The van der Waals surface area contributed by atoms with Crippen LogP contribution in [0.2, 0.25) is 0 Å². The molecule has 20 heavy (non-hydrogen) atoms. The van der Waals surface area contributed by atoms with Crippen molar-refractivity contribution in [2.75, 3.05) is 6.54 Å². The lowest BCUT2D eigenvalue weighted by molar-refractivity contribution is -0.124. The third-order valence-corrected chi connectivity index (χ3v) is 5.20. The standard InChI is InChI=1S/C17H24N2O/c1-2-17(8-5-9-17)12-19-16(20)15-10-13-6-3-4-7-14(13)11-18-15/h3-4,6-7,15,18H,2,5,8-12H2,1H3,(H,19,20)/t15-/m1/s1. The summed E-state index contributed by atoms with van der Waals surface area (Å²) >= 11 is 0. The number of nitrogens with one attached hydrogen (secondary N) is 2. The number of benzene rings is 1. The van der Waals surface area contributed by atoms with E-state index >= 15 is 0 Å². The van der Waals surface area contributed by atoms with Crippen LogP contribution in [-0.2, 0) is 17.8 Å². The van der Waals surface area contributed by atoms with E-state index in [0.29, 0.717) is 5.41 Å². The monoisotopic (exact) mass is 272 g/mol. The maximum atomic E-state index is 12.3. The number of rotatable bonds is 4. The Morgan fingerprint density at radius 1 is 1.35 bits per heavy atom. The van der Waals surface area contributed by atoms with E-state index in [-0.39, 0.29) is 11.9 Å². The molecule has 0 spiro atoms. The summed E-state index contributed by atoms with van der Waals surface area (Å²) in [5.74, 6) is 0.166. The van der Waals surface area contributed by atoms with Crippen LogP contribution in [0.3, 0.4) is 0 Å². The highest BCUT2D eigenvalue weighted by molar-refractivity contribution is 5.82. The smallest absolute Gasteiger partial charge is 0.237 e. The normalized spacial score (nSPS) is 23.6. The van der Waals surface area contributed by atoms with Crippen molar-refractivity contribution in [1.29, 1.82) is 0 Å². The topological polar surface area (TPSA) is 41.1 Å². The third-order valence-electron chi connectivity index (χ3n) is 5.20. The first kappa shape index (κ1) is 13.6. The van der Waals surface area contributed by atoms with Gasteiger partial charge in [-0.15, -0.1) is 0 Å². The largest absolute Gasteiger partial charge is 0.354 e. The van der Waals surface area contributed by atoms with Gasteiger partial charge in [0.25, 0.3) is 0 Å². The molecule has 108 valence electrons. The Bertz CT molecular complexity index is 488. The van der Waals surface area contributed by atoms with Crippen molar-refractivity contribution in [3.8, 4) is 0 Å². The van der Waals surface area contributed by atoms with Crippen LogP contribution in [0.15, 0.2) is 24.3 Å². The van der Waals surface area contributed by atoms with Crippen LogP contribution < -0.4 is 10.6 Å². The fourth-order valence-corrected chi connectivity index (χ4v) is 3.37. The molecule has 3 nitrogen and oxygen atoms in total. The predicted molar refractivity (Wildman–Crippen MR) is 80.4 cm³/mol. The average molecular weight is 272 g/mol. The molecule has 1 saturated carbocycles. The maximum Gasteiger partial charge on any atom is 0.237 e. The van der Waals surface area contributed by atoms with E-state index < -0.39 is 0 Å². The Hall–Kier alpha value is -1.35. The number of amides is 1. The van der Waals surface area contributed by atoms with Gasteiger partial charge in [0, 0.05) is 13.1 Å². The van der Waals surface area contributed by atoms with Crippen molar-refractivity contribution in [3.63, 3.8) is 0 Å². The van der Waals surface area contributed by atoms with Gasteiger partial charge in [0.15, 0.2) is 0 Å². The van der Waals surface area contributed by atoms with Gasteiger partial charge >= 0.3 is 0 Å². The van der Waals surface area contributed by atoms with Crippen molar-refractivity contribution in [3.05, 3.63) is 35.4 Å². The Labute approximate surface area is 121 Å². The summed E-state index contributed by atoms with van der Waals surface area (Å²) in [4.78, 5) is 12.3. The zero-order valence-corrected chi connectivity index (χ0v) is 12.2. The van der Waals surface area contributed by atoms with Crippen molar-refractivity contribution in [1.82, 2.24) is 10.6 Å². The minimum atomic E-state index is -0.0705. The summed E-state index contributed by atoms with van der Waals surface area (Å²) in [6.07, 6.45) is 5.84. The van der Waals surface area contributed by atoms with E-state index in [0.717, 1.165) is 19.5 Å². The molecule has 1 aromatic rings. The van der Waals surface area contributed by atoms with Gasteiger partial charge in [0.1, 0.15) is 0 Å². The molecule has 0 bridgehead atoms. The van der Waals surface area contributed by atoms with Gasteiger partial charge in [-0.05, 0) is 42.2 Å². The summed E-state index contributed by atoms with van der Waals surface area (Å²) < 4.78 is 0. The summed E-state index contributed by atoms with van der Waals surface area (Å²) in [6, 6.07) is 8.31. The Morgan fingerprint density at radius 3 is 2.75 bits per heavy atom. The van der Waals surface area contributed by atoms with E-state index in [9.17, 15) is 4.79 Å². The van der Waals surface area contributed by atoms with E-state index in [1.165, 1.54) is 36.8 Å². The molecule has 1 fully saturated rings. The van der Waals surface area contributed by atoms with Crippen LogP contribution in [0, 0.1) is 5.41 Å². The van der Waals surface area contributed by atoms with Crippen molar-refractivity contribution in [2.24, 2.45) is 5.41 Å². The zero-order chi connectivity index (χ0) is 14.0. The molecule has 0 saturated heterocycles. The molecule has 3 heteroatoms. The van der Waals surface area contributed by atoms with Gasteiger partial charge in [0.2, 0.25) is 5.91 Å². The number of carbonyl (C=O) groups excluding carboxylic acids is 1. The van der Waals surface area contributed by atoms with Gasteiger partial charge in [-0.3, -0.25) is 4.79 Å². The molecule has 0 radical (unpaired) electrons. The lowest BCUT2D eigenvalue weighted by atomic mass is 9.67. The summed E-state index contributed by atoms with van der Waals surface area (Å²) in [7, 11) is 0. The minimum Gasteiger partial charge on any atom is -0.354 e. The molecule has 1 aliphatic heterocycles. The van der Waals surface area contributed by atoms with Crippen molar-refractivity contribution >= 4 is 5.91 Å². The third kappa shape index (κ3) is 2.59. The van der Waals surface area contributed by atoms with Crippen LogP contribution >= 0.6 is 0 Å². The number of hydrogen-bond acceptors (Lipinski definition) is 2. The van der Waals surface area contributed by atoms with Gasteiger partial charge in [0.05, 0.1) is 6.04 Å². The first-order valence-corrected chi connectivity index (χ1v) is 7.80. The summed E-state index contributed by atoms with van der Waals surface area (Å²) in [5, 5.41) is 6.53. The second-order valence-electron chi connectivity index (χ2n) is 6.33. The summed E-state index contributed by atoms with van der Waals surface area (Å²) in [5.41, 5.74) is 3.02. The molecule has 1 heterocycles. The van der Waals surface area contributed by atoms with Gasteiger partial charge in [-0.1, -0.05) is 37.6 Å². The van der Waals surface area contributed by atoms with E-state index in [2.05, 4.69) is 41.8 Å². The fraction of sp³-hybridized carbons (Fsp3) is 0.588. The van der Waals surface area contributed by atoms with Crippen LogP contribution in [-0.4, -0.2) is 18.5 Å². The fourth-order valence-electron chi connectivity index (χ4n) is 3.37. The highest BCUT2D eigenvalue weighted by Gasteiger charge is 2.36. The Kier molecular flexibility index (Phi) is 3.79. The zero-order valence-electron chi connectivity index (χ0n) is 12.2. The van der Waals surface area contributed by atoms with Gasteiger partial charge in [-0.2, -0.15) is 0 Å². The lowest BCUT2D eigenvalue weighted by Crippen LogP contribution is -2.51. The average Bonchev–Trinajstić information content (AvgIpc) is 2.46. The maximum absolute atomic E-state index is 12.3. The highest BCUT2D eigenvalue weighted by Crippen LogP contribution is 2.43. The second-order valence-corrected chi connectivity index (χ2v) is 6.33. The molecular weight excluding hydrogens is 248 g/mol. The van der Waals surface area contributed by atoms with Gasteiger partial charge in [-0.25, -0.2) is 0 Å². The highest BCUT2D eigenvalue weighted by atomic mass is 16.2. The first-order chi connectivity index (χ1) is 9.72. The number of hydrogen-bond donors (Lipinski definition) is 2. The molecule has 1 aliphatic carbocycles. The molecule has 0 unspecified atom stereocenters. The quantitative estimate of drug-likeness (QED) is 0.883. The van der Waals surface area contributed by atoms with Crippen molar-refractivity contribution < 1.29 is 4.79 Å². The van der Waals surface area contributed by atoms with Crippen LogP contribution in [0.25, 0.3) is 0 Å². The van der Waals surface area contributed by atoms with Crippen molar-refractivity contribution in [2.45, 2.75) is 51.6 Å². The number of fused-ring (bicyclic) bond motifs is 1. The lowest BCUT2D eigenvalue weighted by Gasteiger charge is -2.41. The Morgan fingerprint density at radius 2 is 2.10 bits per heavy atom. The van der Waals surface area contributed by atoms with E-state index in [1.54, 1.807) is 0 Å². The van der Waals surface area contributed by atoms with Gasteiger partial charge < -0.3 is 10.6 Å². The Balaban J connectivity index is 1.56. The second kappa shape index (κ2) is 5.57. The molecule has 1 atom stereocenters. The molecule has 3 rings (SSSR count).